The van der Waals surface area contributed by atoms with Crippen LogP contribution in [0.5, 0.6) is 0 Å². The predicted molar refractivity (Wildman–Crippen MR) is 130 cm³/mol. The van der Waals surface area contributed by atoms with Crippen LogP contribution in [0.1, 0.15) is 36.4 Å². The number of carbonyl (C=O) groups is 1. The Labute approximate surface area is 194 Å². The van der Waals surface area contributed by atoms with Crippen LogP contribution < -0.4 is 0 Å². The Morgan fingerprint density at radius 3 is 2.15 bits per heavy atom. The van der Waals surface area contributed by atoms with Crippen LogP contribution in [-0.2, 0) is 17.6 Å². The Balaban J connectivity index is 1.66. The highest BCUT2D eigenvalue weighted by molar-refractivity contribution is 5.78. The molecule has 168 valence electrons. The van der Waals surface area contributed by atoms with Crippen LogP contribution in [0.25, 0.3) is 16.8 Å². The van der Waals surface area contributed by atoms with E-state index in [-0.39, 0.29) is 12.3 Å². The van der Waals surface area contributed by atoms with Gasteiger partial charge in [0.25, 0.3) is 0 Å². The van der Waals surface area contributed by atoms with E-state index in [1.54, 1.807) is 12.4 Å². The molecule has 33 heavy (non-hydrogen) atoms. The van der Waals surface area contributed by atoms with Crippen molar-refractivity contribution >= 4 is 5.91 Å². The Morgan fingerprint density at radius 1 is 0.879 bits per heavy atom. The van der Waals surface area contributed by atoms with Crippen molar-refractivity contribution in [1.82, 2.24) is 24.9 Å². The summed E-state index contributed by atoms with van der Waals surface area (Å²) in [7, 11) is 0. The van der Waals surface area contributed by atoms with Crippen LogP contribution in [0.4, 0.5) is 0 Å². The average Bonchev–Trinajstić information content (AvgIpc) is 3.23. The lowest BCUT2D eigenvalue weighted by Gasteiger charge is -2.18. The smallest absolute Gasteiger partial charge is 0.228 e. The van der Waals surface area contributed by atoms with Crippen molar-refractivity contribution in [2.24, 2.45) is 0 Å². The van der Waals surface area contributed by atoms with E-state index in [0.29, 0.717) is 19.5 Å². The Hall–Kier alpha value is -3.80. The van der Waals surface area contributed by atoms with Gasteiger partial charge < -0.3 is 4.90 Å². The summed E-state index contributed by atoms with van der Waals surface area (Å²) in [6.45, 7) is 7.43. The van der Waals surface area contributed by atoms with Crippen molar-refractivity contribution in [3.8, 4) is 16.8 Å². The number of carbonyl (C=O) groups excluding carboxylic acids is 1. The topological polar surface area (TPSA) is 63.9 Å². The second-order valence-electron chi connectivity index (χ2n) is 8.08. The fraction of sp³-hybridized carbons (Fsp3) is 0.259. The second-order valence-corrected chi connectivity index (χ2v) is 8.08. The summed E-state index contributed by atoms with van der Waals surface area (Å²) in [5.41, 5.74) is 7.21. The minimum atomic E-state index is 0.0743. The summed E-state index contributed by atoms with van der Waals surface area (Å²) >= 11 is 0. The number of likely N-dealkylation sites (N-methyl/N-ethyl adjacent to an activating group) is 1. The molecule has 0 aliphatic heterocycles. The van der Waals surface area contributed by atoms with Crippen LogP contribution in [-0.4, -0.2) is 43.9 Å². The van der Waals surface area contributed by atoms with E-state index in [1.807, 2.05) is 47.7 Å². The molecular weight excluding hydrogens is 410 g/mol. The number of hydrogen-bond donors (Lipinski definition) is 0. The maximum absolute atomic E-state index is 12.8. The number of aromatic nitrogens is 4. The molecule has 0 unspecified atom stereocenters. The zero-order valence-corrected chi connectivity index (χ0v) is 19.4. The summed E-state index contributed by atoms with van der Waals surface area (Å²) in [4.78, 5) is 18.7. The van der Waals surface area contributed by atoms with E-state index in [9.17, 15) is 4.79 Å². The molecule has 0 bridgehead atoms. The van der Waals surface area contributed by atoms with Gasteiger partial charge in [-0.05, 0) is 61.7 Å². The number of benzene rings is 2. The third-order valence-electron chi connectivity index (χ3n) is 5.90. The highest BCUT2D eigenvalue weighted by Crippen LogP contribution is 2.22. The van der Waals surface area contributed by atoms with Gasteiger partial charge in [0.05, 0.1) is 23.5 Å². The molecule has 2 aromatic carbocycles. The molecule has 6 heteroatoms. The summed E-state index contributed by atoms with van der Waals surface area (Å²) in [5.74, 6) is 0.0743. The van der Waals surface area contributed by atoms with Gasteiger partial charge in [-0.15, -0.1) is 5.10 Å². The van der Waals surface area contributed by atoms with Crippen molar-refractivity contribution in [3.05, 3.63) is 95.6 Å². The highest BCUT2D eigenvalue weighted by atomic mass is 16.2. The van der Waals surface area contributed by atoms with Gasteiger partial charge in [0.1, 0.15) is 0 Å². The Kier molecular flexibility index (Phi) is 6.93. The van der Waals surface area contributed by atoms with Gasteiger partial charge in [-0.25, -0.2) is 4.68 Å². The Bertz CT molecular complexity index is 1190. The molecular formula is C27H29N5O. The van der Waals surface area contributed by atoms with Gasteiger partial charge in [0.15, 0.2) is 0 Å². The summed E-state index contributed by atoms with van der Waals surface area (Å²) in [6.07, 6.45) is 4.48. The number of nitrogens with zero attached hydrogens (tertiary/aromatic N) is 5. The van der Waals surface area contributed by atoms with Crippen LogP contribution in [0, 0.1) is 6.92 Å². The monoisotopic (exact) mass is 439 g/mol. The molecule has 0 atom stereocenters. The van der Waals surface area contributed by atoms with Gasteiger partial charge in [0.2, 0.25) is 5.91 Å². The summed E-state index contributed by atoms with van der Waals surface area (Å²) in [5, 5.41) is 8.86. The number of aryl methyl sites for hydroxylation is 1. The van der Waals surface area contributed by atoms with E-state index < -0.39 is 0 Å². The molecule has 4 aromatic rings. The highest BCUT2D eigenvalue weighted by Gasteiger charge is 2.20. The molecule has 0 aliphatic carbocycles. The lowest BCUT2D eigenvalue weighted by molar-refractivity contribution is -0.130. The largest absolute Gasteiger partial charge is 0.343 e. The third kappa shape index (κ3) is 5.17. The van der Waals surface area contributed by atoms with E-state index in [1.165, 1.54) is 5.56 Å². The maximum Gasteiger partial charge on any atom is 0.228 e. The minimum Gasteiger partial charge on any atom is -0.343 e. The maximum atomic E-state index is 12.8. The molecule has 2 heterocycles. The van der Waals surface area contributed by atoms with E-state index >= 15 is 0 Å². The van der Waals surface area contributed by atoms with Crippen LogP contribution in [0.15, 0.2) is 73.1 Å². The van der Waals surface area contributed by atoms with Crippen molar-refractivity contribution in [2.75, 3.05) is 13.1 Å². The first kappa shape index (κ1) is 22.4. The van der Waals surface area contributed by atoms with Crippen molar-refractivity contribution < 1.29 is 4.79 Å². The van der Waals surface area contributed by atoms with Crippen molar-refractivity contribution in [3.63, 3.8) is 0 Å². The van der Waals surface area contributed by atoms with E-state index in [0.717, 1.165) is 33.8 Å². The lowest BCUT2D eigenvalue weighted by atomic mass is 10.0. The molecule has 4 rings (SSSR count). The van der Waals surface area contributed by atoms with Gasteiger partial charge in [-0.2, -0.15) is 0 Å². The zero-order chi connectivity index (χ0) is 23.2. The fourth-order valence-electron chi connectivity index (χ4n) is 3.92. The van der Waals surface area contributed by atoms with Crippen LogP contribution in [0.2, 0.25) is 0 Å². The molecule has 0 radical (unpaired) electrons. The molecule has 2 aromatic heterocycles. The molecule has 0 fully saturated rings. The van der Waals surface area contributed by atoms with Crippen LogP contribution in [0.3, 0.4) is 0 Å². The van der Waals surface area contributed by atoms with E-state index in [2.05, 4.69) is 58.6 Å². The first-order valence-electron chi connectivity index (χ1n) is 11.4. The minimum absolute atomic E-state index is 0.0743. The first-order chi connectivity index (χ1) is 16.1. The number of rotatable bonds is 8. The molecule has 6 nitrogen and oxygen atoms in total. The summed E-state index contributed by atoms with van der Waals surface area (Å²) in [6, 6.07) is 20.7. The van der Waals surface area contributed by atoms with Gasteiger partial charge >= 0.3 is 0 Å². The first-order valence-corrected chi connectivity index (χ1v) is 11.4. The second kappa shape index (κ2) is 10.2. The van der Waals surface area contributed by atoms with E-state index in [4.69, 9.17) is 0 Å². The summed E-state index contributed by atoms with van der Waals surface area (Å²) < 4.78 is 1.86. The predicted octanol–water partition coefficient (Wildman–Crippen LogP) is 4.64. The van der Waals surface area contributed by atoms with Crippen molar-refractivity contribution in [2.45, 2.75) is 33.6 Å². The SMILES string of the molecule is CCN(CC)C(=O)Cc1nnn(-c2ccc(C)cc2)c1Cc1ccc(-c2ccncc2)cc1. The Morgan fingerprint density at radius 2 is 1.52 bits per heavy atom. The molecule has 0 spiro atoms. The molecule has 0 N–H and O–H groups in total. The molecule has 0 aliphatic rings. The lowest BCUT2D eigenvalue weighted by Crippen LogP contribution is -2.32. The molecule has 1 amide bonds. The van der Waals surface area contributed by atoms with Crippen molar-refractivity contribution in [1.29, 1.82) is 0 Å². The number of pyridine rings is 1. The van der Waals surface area contributed by atoms with Gasteiger partial charge in [-0.1, -0.05) is 47.2 Å². The van der Waals surface area contributed by atoms with Gasteiger partial charge in [-0.3, -0.25) is 9.78 Å². The quantitative estimate of drug-likeness (QED) is 0.401. The zero-order valence-electron chi connectivity index (χ0n) is 19.4. The molecule has 0 saturated carbocycles. The average molecular weight is 440 g/mol. The van der Waals surface area contributed by atoms with Crippen LogP contribution >= 0.6 is 0 Å². The third-order valence-corrected chi connectivity index (χ3v) is 5.90. The number of hydrogen-bond acceptors (Lipinski definition) is 4. The fourth-order valence-corrected chi connectivity index (χ4v) is 3.92. The molecule has 0 saturated heterocycles. The normalized spacial score (nSPS) is 10.9. The van der Waals surface area contributed by atoms with Gasteiger partial charge in [0, 0.05) is 31.9 Å². The number of amides is 1. The standard InChI is InChI=1S/C27H29N5O/c1-4-31(5-2)27(33)19-25-26(32(30-29-25)24-12-6-20(3)7-13-24)18-21-8-10-22(11-9-21)23-14-16-28-17-15-23/h6-17H,4-5,18-19H2,1-3H3.